The summed E-state index contributed by atoms with van der Waals surface area (Å²) in [5, 5.41) is 2.80. The Balaban J connectivity index is 2.12. The van der Waals surface area contributed by atoms with E-state index in [9.17, 15) is 4.79 Å². The molecule has 0 saturated carbocycles. The second-order valence-electron chi connectivity index (χ2n) is 3.20. The lowest BCUT2D eigenvalue weighted by atomic mass is 10.2. The number of rotatable bonds is 2. The van der Waals surface area contributed by atoms with Crippen LogP contribution in [0.5, 0.6) is 0 Å². The molecule has 80 valence electrons. The molecule has 0 spiro atoms. The van der Waals surface area contributed by atoms with Crippen molar-refractivity contribution in [1.82, 2.24) is 4.98 Å². The summed E-state index contributed by atoms with van der Waals surface area (Å²) in [5.41, 5.74) is 1.40. The molecule has 16 heavy (non-hydrogen) atoms. The number of aromatic nitrogens is 1. The molecule has 3 nitrogen and oxygen atoms in total. The molecule has 1 N–H and O–H groups in total. The van der Waals surface area contributed by atoms with E-state index < -0.39 is 0 Å². The van der Waals surface area contributed by atoms with Crippen LogP contribution in [-0.4, -0.2) is 10.9 Å². The highest BCUT2D eigenvalue weighted by Gasteiger charge is 2.04. The van der Waals surface area contributed by atoms with Crippen molar-refractivity contribution in [2.45, 2.75) is 0 Å². The van der Waals surface area contributed by atoms with Gasteiger partial charge in [-0.3, -0.25) is 9.78 Å². The first kappa shape index (κ1) is 11.1. The third-order valence-electron chi connectivity index (χ3n) is 2.04. The number of hydrogen-bond acceptors (Lipinski definition) is 2. The smallest absolute Gasteiger partial charge is 0.255 e. The number of carbonyl (C=O) groups is 1. The van der Waals surface area contributed by atoms with Gasteiger partial charge in [0.05, 0.1) is 0 Å². The third kappa shape index (κ3) is 2.79. The highest BCUT2D eigenvalue weighted by molar-refractivity contribution is 14.1. The predicted octanol–water partition coefficient (Wildman–Crippen LogP) is 2.94. The molecule has 0 fully saturated rings. The fraction of sp³-hybridized carbons (Fsp3) is 0. The lowest BCUT2D eigenvalue weighted by molar-refractivity contribution is 0.102. The fourth-order valence-corrected chi connectivity index (χ4v) is 1.60. The van der Waals surface area contributed by atoms with Gasteiger partial charge in [-0.25, -0.2) is 0 Å². The van der Waals surface area contributed by atoms with Crippen LogP contribution in [-0.2, 0) is 0 Å². The zero-order valence-electron chi connectivity index (χ0n) is 8.35. The zero-order valence-corrected chi connectivity index (χ0v) is 10.5. The molecular formula is C12H9IN2O. The molecule has 1 heterocycles. The van der Waals surface area contributed by atoms with Gasteiger partial charge in [-0.15, -0.1) is 0 Å². The summed E-state index contributed by atoms with van der Waals surface area (Å²) in [6, 6.07) is 10.9. The SMILES string of the molecule is O=C(Nc1ccncc1)c1ccc(I)cc1. The van der Waals surface area contributed by atoms with Crippen molar-refractivity contribution >= 4 is 34.2 Å². The maximum atomic E-state index is 11.8. The number of nitrogens with zero attached hydrogens (tertiary/aromatic N) is 1. The average Bonchev–Trinajstić information content (AvgIpc) is 2.31. The van der Waals surface area contributed by atoms with E-state index in [1.807, 2.05) is 12.1 Å². The number of benzene rings is 1. The van der Waals surface area contributed by atoms with Crippen LogP contribution < -0.4 is 5.32 Å². The maximum absolute atomic E-state index is 11.8. The van der Waals surface area contributed by atoms with Crippen molar-refractivity contribution in [1.29, 1.82) is 0 Å². The Morgan fingerprint density at radius 3 is 2.31 bits per heavy atom. The van der Waals surface area contributed by atoms with Crippen molar-refractivity contribution in [2.75, 3.05) is 5.32 Å². The van der Waals surface area contributed by atoms with Gasteiger partial charge in [0.1, 0.15) is 0 Å². The van der Waals surface area contributed by atoms with Gasteiger partial charge >= 0.3 is 0 Å². The summed E-state index contributed by atoms with van der Waals surface area (Å²) in [6.07, 6.45) is 3.28. The van der Waals surface area contributed by atoms with E-state index in [1.165, 1.54) is 0 Å². The minimum absolute atomic E-state index is 0.109. The van der Waals surface area contributed by atoms with E-state index in [4.69, 9.17) is 0 Å². The molecule has 0 aliphatic carbocycles. The van der Waals surface area contributed by atoms with Crippen LogP contribution in [0.1, 0.15) is 10.4 Å². The molecule has 0 atom stereocenters. The van der Waals surface area contributed by atoms with Gasteiger partial charge in [-0.05, 0) is 59.0 Å². The summed E-state index contributed by atoms with van der Waals surface area (Å²) in [7, 11) is 0. The first-order valence-corrected chi connectivity index (χ1v) is 5.80. The Kier molecular flexibility index (Phi) is 3.51. The molecule has 0 aliphatic heterocycles. The van der Waals surface area contributed by atoms with Crippen molar-refractivity contribution in [3.8, 4) is 0 Å². The normalized spacial score (nSPS) is 9.81. The molecule has 0 unspecified atom stereocenters. The van der Waals surface area contributed by atoms with Crippen molar-refractivity contribution < 1.29 is 4.79 Å². The standard InChI is InChI=1S/C12H9IN2O/c13-10-3-1-9(2-4-10)12(16)15-11-5-7-14-8-6-11/h1-8H,(H,14,15,16). The van der Waals surface area contributed by atoms with Gasteiger partial charge in [-0.1, -0.05) is 0 Å². The number of pyridine rings is 1. The number of hydrogen-bond donors (Lipinski definition) is 1. The van der Waals surface area contributed by atoms with Crippen molar-refractivity contribution in [3.63, 3.8) is 0 Å². The van der Waals surface area contributed by atoms with Gasteiger partial charge in [0.15, 0.2) is 0 Å². The maximum Gasteiger partial charge on any atom is 0.255 e. The Morgan fingerprint density at radius 2 is 1.69 bits per heavy atom. The summed E-state index contributed by atoms with van der Waals surface area (Å²) >= 11 is 2.20. The monoisotopic (exact) mass is 324 g/mol. The minimum Gasteiger partial charge on any atom is -0.322 e. The van der Waals surface area contributed by atoms with Gasteiger partial charge in [0.2, 0.25) is 0 Å². The summed E-state index contributed by atoms with van der Waals surface area (Å²) < 4.78 is 1.11. The first-order valence-electron chi connectivity index (χ1n) is 4.72. The largest absolute Gasteiger partial charge is 0.322 e. The second-order valence-corrected chi connectivity index (χ2v) is 4.44. The van der Waals surface area contributed by atoms with Crippen LogP contribution in [0.25, 0.3) is 0 Å². The quantitative estimate of drug-likeness (QED) is 0.863. The van der Waals surface area contributed by atoms with Crippen LogP contribution in [0.4, 0.5) is 5.69 Å². The van der Waals surface area contributed by atoms with Crippen LogP contribution in [0.3, 0.4) is 0 Å². The molecule has 0 bridgehead atoms. The lowest BCUT2D eigenvalue weighted by Crippen LogP contribution is -2.11. The zero-order chi connectivity index (χ0) is 11.4. The predicted molar refractivity (Wildman–Crippen MR) is 71.3 cm³/mol. The number of carbonyl (C=O) groups excluding carboxylic acids is 1. The van der Waals surface area contributed by atoms with E-state index in [1.54, 1.807) is 36.7 Å². The Morgan fingerprint density at radius 1 is 1.06 bits per heavy atom. The minimum atomic E-state index is -0.109. The third-order valence-corrected chi connectivity index (χ3v) is 2.76. The number of amides is 1. The Hall–Kier alpha value is -1.43. The molecular weight excluding hydrogens is 315 g/mol. The van der Waals surface area contributed by atoms with E-state index in [0.717, 1.165) is 9.26 Å². The topological polar surface area (TPSA) is 42.0 Å². The summed E-state index contributed by atoms with van der Waals surface area (Å²) in [5.74, 6) is -0.109. The van der Waals surface area contributed by atoms with Gasteiger partial charge in [0.25, 0.3) is 5.91 Å². The van der Waals surface area contributed by atoms with Gasteiger partial charge in [0, 0.05) is 27.2 Å². The van der Waals surface area contributed by atoms with E-state index >= 15 is 0 Å². The molecule has 0 aliphatic rings. The van der Waals surface area contributed by atoms with Gasteiger partial charge < -0.3 is 5.32 Å². The summed E-state index contributed by atoms with van der Waals surface area (Å²) in [6.45, 7) is 0. The van der Waals surface area contributed by atoms with Crippen LogP contribution >= 0.6 is 22.6 Å². The molecule has 1 aromatic carbocycles. The summed E-state index contributed by atoms with van der Waals surface area (Å²) in [4.78, 5) is 15.7. The van der Waals surface area contributed by atoms with E-state index in [-0.39, 0.29) is 5.91 Å². The average molecular weight is 324 g/mol. The highest BCUT2D eigenvalue weighted by Crippen LogP contribution is 2.10. The second kappa shape index (κ2) is 5.07. The van der Waals surface area contributed by atoms with Gasteiger partial charge in [-0.2, -0.15) is 0 Å². The van der Waals surface area contributed by atoms with E-state index in [0.29, 0.717) is 5.56 Å². The molecule has 1 amide bonds. The van der Waals surface area contributed by atoms with Crippen molar-refractivity contribution in [3.05, 3.63) is 57.9 Å². The molecule has 2 rings (SSSR count). The van der Waals surface area contributed by atoms with Crippen LogP contribution in [0, 0.1) is 3.57 Å². The fourth-order valence-electron chi connectivity index (χ4n) is 1.24. The molecule has 0 radical (unpaired) electrons. The molecule has 1 aromatic heterocycles. The Bertz CT molecular complexity index is 482. The van der Waals surface area contributed by atoms with Crippen LogP contribution in [0.2, 0.25) is 0 Å². The van der Waals surface area contributed by atoms with Crippen LogP contribution in [0.15, 0.2) is 48.8 Å². The highest BCUT2D eigenvalue weighted by atomic mass is 127. The first-order chi connectivity index (χ1) is 7.75. The number of nitrogens with one attached hydrogen (secondary N) is 1. The molecule has 4 heteroatoms. The number of anilines is 1. The van der Waals surface area contributed by atoms with Crippen molar-refractivity contribution in [2.24, 2.45) is 0 Å². The molecule has 0 saturated heterocycles. The van der Waals surface area contributed by atoms with E-state index in [2.05, 4.69) is 32.9 Å². The molecule has 2 aromatic rings. The Labute approximate surface area is 107 Å². The lowest BCUT2D eigenvalue weighted by Gasteiger charge is -2.04. The number of halogens is 1.